The summed E-state index contributed by atoms with van der Waals surface area (Å²) in [5, 5.41) is 8.85. The highest BCUT2D eigenvalue weighted by molar-refractivity contribution is 6.02. The van der Waals surface area contributed by atoms with Gasteiger partial charge in [0.05, 0.1) is 11.7 Å². The molecule has 39 heavy (non-hydrogen) atoms. The Balaban J connectivity index is 1.25. The third-order valence-electron chi connectivity index (χ3n) is 7.63. The first kappa shape index (κ1) is 26.8. The first-order valence-electron chi connectivity index (χ1n) is 14.1. The van der Waals surface area contributed by atoms with E-state index < -0.39 is 0 Å². The molecule has 204 valence electrons. The zero-order valence-corrected chi connectivity index (χ0v) is 22.4. The number of rotatable bonds is 9. The number of hydrogen-bond acceptors (Lipinski definition) is 4. The average Bonchev–Trinajstić information content (AvgIpc) is 3.50. The van der Waals surface area contributed by atoms with E-state index in [1.165, 1.54) is 5.56 Å². The highest BCUT2D eigenvalue weighted by Gasteiger charge is 2.25. The summed E-state index contributed by atoms with van der Waals surface area (Å²) in [6, 6.07) is 25.8. The third kappa shape index (κ3) is 7.60. The van der Waals surface area contributed by atoms with E-state index in [4.69, 9.17) is 4.74 Å². The molecule has 1 unspecified atom stereocenters. The van der Waals surface area contributed by atoms with Crippen LogP contribution in [0.2, 0.25) is 0 Å². The van der Waals surface area contributed by atoms with Crippen molar-refractivity contribution in [2.45, 2.75) is 44.8 Å². The normalized spacial score (nSPS) is 17.5. The van der Waals surface area contributed by atoms with Gasteiger partial charge in [-0.15, -0.1) is 0 Å². The Morgan fingerprint density at radius 3 is 2.26 bits per heavy atom. The molecule has 2 saturated heterocycles. The molecule has 2 fully saturated rings. The van der Waals surface area contributed by atoms with Crippen LogP contribution in [0.25, 0.3) is 0 Å². The summed E-state index contributed by atoms with van der Waals surface area (Å²) in [5.74, 6) is 0.495. The highest BCUT2D eigenvalue weighted by atomic mass is 16.5. The maximum absolute atomic E-state index is 13.4. The fourth-order valence-corrected chi connectivity index (χ4v) is 5.46. The van der Waals surface area contributed by atoms with Crippen LogP contribution in [0.4, 0.5) is 16.2 Å². The first-order valence-corrected chi connectivity index (χ1v) is 14.1. The first-order chi connectivity index (χ1) is 19.1. The molecule has 2 aliphatic heterocycles. The van der Waals surface area contributed by atoms with Crippen LogP contribution in [0.1, 0.15) is 47.2 Å². The summed E-state index contributed by atoms with van der Waals surface area (Å²) in [7, 11) is 0. The van der Waals surface area contributed by atoms with Crippen LogP contribution in [0, 0.1) is 5.92 Å². The zero-order valence-electron chi connectivity index (χ0n) is 22.4. The minimum absolute atomic E-state index is 0.0659. The van der Waals surface area contributed by atoms with Crippen LogP contribution in [0.3, 0.4) is 0 Å². The summed E-state index contributed by atoms with van der Waals surface area (Å²) < 4.78 is 5.70. The van der Waals surface area contributed by atoms with E-state index in [-0.39, 0.29) is 18.0 Å². The van der Waals surface area contributed by atoms with E-state index >= 15 is 0 Å². The fourth-order valence-electron chi connectivity index (χ4n) is 5.46. The number of urea groups is 1. The zero-order chi connectivity index (χ0) is 26.9. The number of hydrogen-bond donors (Lipinski definition) is 3. The SMILES string of the molecule is O=C(NCc1ccccc1)Nc1ccc(N2CCC(Cc3ccccc3)CC2)c(C(=O)NCC2CCCO2)c1. The van der Waals surface area contributed by atoms with Gasteiger partial charge in [-0.2, -0.15) is 0 Å². The topological polar surface area (TPSA) is 82.7 Å². The van der Waals surface area contributed by atoms with Crippen LogP contribution in [0.5, 0.6) is 0 Å². The number of carbonyl (C=O) groups is 2. The lowest BCUT2D eigenvalue weighted by atomic mass is 9.89. The number of carbonyl (C=O) groups excluding carboxylic acids is 2. The Labute approximate surface area is 230 Å². The second-order valence-electron chi connectivity index (χ2n) is 10.5. The minimum Gasteiger partial charge on any atom is -0.376 e. The number of anilines is 2. The lowest BCUT2D eigenvalue weighted by Crippen LogP contribution is -2.37. The molecule has 7 heteroatoms. The molecule has 0 saturated carbocycles. The van der Waals surface area contributed by atoms with Crippen LogP contribution < -0.4 is 20.9 Å². The van der Waals surface area contributed by atoms with Crippen molar-refractivity contribution in [2.75, 3.05) is 36.5 Å². The van der Waals surface area contributed by atoms with E-state index in [0.717, 1.165) is 63.1 Å². The molecule has 2 heterocycles. The van der Waals surface area contributed by atoms with E-state index in [1.54, 1.807) is 6.07 Å². The third-order valence-corrected chi connectivity index (χ3v) is 7.63. The molecular weight excluding hydrogens is 488 g/mol. The van der Waals surface area contributed by atoms with Crippen molar-refractivity contribution in [3.05, 3.63) is 95.6 Å². The van der Waals surface area contributed by atoms with Gasteiger partial charge in [-0.1, -0.05) is 60.7 Å². The van der Waals surface area contributed by atoms with E-state index in [2.05, 4.69) is 51.2 Å². The second kappa shape index (κ2) is 13.3. The van der Waals surface area contributed by atoms with E-state index in [0.29, 0.717) is 30.3 Å². The molecule has 0 spiro atoms. The number of nitrogens with one attached hydrogen (secondary N) is 3. The average molecular weight is 527 g/mol. The summed E-state index contributed by atoms with van der Waals surface area (Å²) in [5.41, 5.74) is 4.48. The van der Waals surface area contributed by atoms with Gasteiger partial charge in [0.1, 0.15) is 0 Å². The van der Waals surface area contributed by atoms with Gasteiger partial charge in [0.25, 0.3) is 5.91 Å². The maximum atomic E-state index is 13.4. The Bertz CT molecular complexity index is 1220. The molecule has 0 aromatic heterocycles. The molecule has 1 atom stereocenters. The van der Waals surface area contributed by atoms with Gasteiger partial charge >= 0.3 is 6.03 Å². The quantitative estimate of drug-likeness (QED) is 0.350. The number of piperidine rings is 1. The monoisotopic (exact) mass is 526 g/mol. The number of amides is 3. The Kier molecular flexibility index (Phi) is 9.12. The molecule has 0 bridgehead atoms. The maximum Gasteiger partial charge on any atom is 0.319 e. The van der Waals surface area contributed by atoms with Gasteiger partial charge in [-0.3, -0.25) is 4.79 Å². The molecule has 3 amide bonds. The van der Waals surface area contributed by atoms with Gasteiger partial charge in [-0.05, 0) is 67.3 Å². The lowest BCUT2D eigenvalue weighted by Gasteiger charge is -2.35. The standard InChI is InChI=1S/C32H38N4O3/c37-31(33-23-28-12-7-19-39-28)29-21-27(35-32(38)34-22-26-10-5-2-6-11-26)13-14-30(29)36-17-15-25(16-18-36)20-24-8-3-1-4-9-24/h1-6,8-11,13-14,21,25,28H,7,12,15-20,22-23H2,(H,33,37)(H2,34,35,38). The van der Waals surface area contributed by atoms with Crippen molar-refractivity contribution in [3.8, 4) is 0 Å². The summed E-state index contributed by atoms with van der Waals surface area (Å²) in [4.78, 5) is 28.3. The molecule has 3 aromatic carbocycles. The summed E-state index contributed by atoms with van der Waals surface area (Å²) in [6.07, 6.45) is 5.30. The molecule has 0 radical (unpaired) electrons. The second-order valence-corrected chi connectivity index (χ2v) is 10.5. The van der Waals surface area contributed by atoms with Crippen molar-refractivity contribution in [3.63, 3.8) is 0 Å². The van der Waals surface area contributed by atoms with Crippen LogP contribution in [0.15, 0.2) is 78.9 Å². The molecule has 7 nitrogen and oxygen atoms in total. The smallest absolute Gasteiger partial charge is 0.319 e. The van der Waals surface area contributed by atoms with Crippen LogP contribution >= 0.6 is 0 Å². The predicted octanol–water partition coefficient (Wildman–Crippen LogP) is 5.38. The Hall–Kier alpha value is -3.84. The van der Waals surface area contributed by atoms with Crippen LogP contribution in [-0.2, 0) is 17.7 Å². The molecule has 2 aliphatic rings. The lowest BCUT2D eigenvalue weighted by molar-refractivity contribution is 0.0858. The molecule has 5 rings (SSSR count). The van der Waals surface area contributed by atoms with Crippen molar-refractivity contribution in [1.29, 1.82) is 0 Å². The van der Waals surface area contributed by atoms with Crippen molar-refractivity contribution in [1.82, 2.24) is 10.6 Å². The van der Waals surface area contributed by atoms with Crippen LogP contribution in [-0.4, -0.2) is 44.3 Å². The molecular formula is C32H38N4O3. The summed E-state index contributed by atoms with van der Waals surface area (Å²) in [6.45, 7) is 3.47. The van der Waals surface area contributed by atoms with Crippen molar-refractivity contribution in [2.24, 2.45) is 5.92 Å². The molecule has 3 aromatic rings. The number of ether oxygens (including phenoxy) is 1. The molecule has 3 N–H and O–H groups in total. The van der Waals surface area contributed by atoms with Gasteiger partial charge in [0, 0.05) is 44.2 Å². The summed E-state index contributed by atoms with van der Waals surface area (Å²) >= 11 is 0. The largest absolute Gasteiger partial charge is 0.376 e. The van der Waals surface area contributed by atoms with Crippen molar-refractivity contribution >= 4 is 23.3 Å². The number of benzene rings is 3. The van der Waals surface area contributed by atoms with Gasteiger partial charge in [-0.25, -0.2) is 4.79 Å². The van der Waals surface area contributed by atoms with Gasteiger partial charge in [0.15, 0.2) is 0 Å². The van der Waals surface area contributed by atoms with Gasteiger partial charge in [0.2, 0.25) is 0 Å². The fraction of sp³-hybridized carbons (Fsp3) is 0.375. The Morgan fingerprint density at radius 1 is 0.846 bits per heavy atom. The van der Waals surface area contributed by atoms with Crippen molar-refractivity contribution < 1.29 is 14.3 Å². The van der Waals surface area contributed by atoms with E-state index in [9.17, 15) is 9.59 Å². The molecule has 0 aliphatic carbocycles. The van der Waals surface area contributed by atoms with E-state index in [1.807, 2.05) is 42.5 Å². The number of nitrogens with zero attached hydrogens (tertiary/aromatic N) is 1. The minimum atomic E-state index is -0.306. The highest BCUT2D eigenvalue weighted by Crippen LogP contribution is 2.30. The predicted molar refractivity (Wildman–Crippen MR) is 155 cm³/mol. The Morgan fingerprint density at radius 2 is 1.56 bits per heavy atom. The van der Waals surface area contributed by atoms with Gasteiger partial charge < -0.3 is 25.6 Å².